The first kappa shape index (κ1) is 13.6. The zero-order valence-electron chi connectivity index (χ0n) is 11.3. The average Bonchev–Trinajstić information content (AvgIpc) is 2.76. The lowest BCUT2D eigenvalue weighted by Crippen LogP contribution is -2.22. The van der Waals surface area contributed by atoms with Crippen molar-refractivity contribution in [3.8, 4) is 5.75 Å². The zero-order valence-corrected chi connectivity index (χ0v) is 12.1. The second-order valence-corrected chi connectivity index (χ2v) is 5.44. The minimum absolute atomic E-state index is 0.0813. The van der Waals surface area contributed by atoms with Crippen LogP contribution in [-0.2, 0) is 6.54 Å². The van der Waals surface area contributed by atoms with Crippen LogP contribution in [-0.4, -0.2) is 13.0 Å². The molecule has 0 radical (unpaired) electrons. The molecule has 2 rings (SSSR count). The molecule has 0 bridgehead atoms. The summed E-state index contributed by atoms with van der Waals surface area (Å²) in [5, 5.41) is 5.03. The van der Waals surface area contributed by atoms with Gasteiger partial charge in [0.15, 0.2) is 0 Å². The third kappa shape index (κ3) is 3.15. The molecule has 2 aromatic rings. The second-order valence-electron chi connectivity index (χ2n) is 4.36. The molecule has 1 amide bonds. The van der Waals surface area contributed by atoms with Crippen LogP contribution in [0.4, 0.5) is 0 Å². The fraction of sp³-hybridized carbons (Fsp3) is 0.267. The summed E-state index contributed by atoms with van der Waals surface area (Å²) in [5.41, 5.74) is 3.05. The van der Waals surface area contributed by atoms with Gasteiger partial charge >= 0.3 is 0 Å². The monoisotopic (exact) mass is 275 g/mol. The minimum atomic E-state index is -0.0813. The van der Waals surface area contributed by atoms with Gasteiger partial charge in [-0.05, 0) is 48.6 Å². The fourth-order valence-electron chi connectivity index (χ4n) is 1.78. The lowest BCUT2D eigenvalue weighted by Gasteiger charge is -2.06. The smallest absolute Gasteiger partial charge is 0.251 e. The summed E-state index contributed by atoms with van der Waals surface area (Å²) in [5.74, 6) is 0.609. The summed E-state index contributed by atoms with van der Waals surface area (Å²) in [4.78, 5) is 13.3. The van der Waals surface area contributed by atoms with Gasteiger partial charge in [0.2, 0.25) is 0 Å². The number of amides is 1. The van der Waals surface area contributed by atoms with Gasteiger partial charge in [-0.3, -0.25) is 4.79 Å². The molecule has 0 saturated heterocycles. The highest BCUT2D eigenvalue weighted by atomic mass is 32.1. The van der Waals surface area contributed by atoms with Gasteiger partial charge < -0.3 is 10.1 Å². The number of rotatable bonds is 4. The summed E-state index contributed by atoms with van der Waals surface area (Å²) in [6, 6.07) is 7.15. The first-order chi connectivity index (χ1) is 9.11. The standard InChI is InChI=1S/C15H17NO2S/c1-10-11(2)19-9-13(10)8-16-15(17)12-5-4-6-14(7-12)18-3/h4-7,9H,8H2,1-3H3,(H,16,17). The normalized spacial score (nSPS) is 10.3. The van der Waals surface area contributed by atoms with E-state index in [0.29, 0.717) is 17.9 Å². The van der Waals surface area contributed by atoms with E-state index >= 15 is 0 Å². The van der Waals surface area contributed by atoms with Crippen molar-refractivity contribution in [3.05, 3.63) is 51.2 Å². The van der Waals surface area contributed by atoms with E-state index in [1.165, 1.54) is 16.0 Å². The largest absolute Gasteiger partial charge is 0.497 e. The zero-order chi connectivity index (χ0) is 13.8. The molecule has 0 atom stereocenters. The van der Waals surface area contributed by atoms with Crippen LogP contribution in [0, 0.1) is 13.8 Å². The number of hydrogen-bond acceptors (Lipinski definition) is 3. The molecule has 1 heterocycles. The van der Waals surface area contributed by atoms with Crippen LogP contribution < -0.4 is 10.1 Å². The van der Waals surface area contributed by atoms with E-state index in [9.17, 15) is 4.79 Å². The van der Waals surface area contributed by atoms with Crippen LogP contribution >= 0.6 is 11.3 Å². The van der Waals surface area contributed by atoms with E-state index < -0.39 is 0 Å². The molecule has 0 aliphatic rings. The van der Waals surface area contributed by atoms with Crippen LogP contribution in [0.2, 0.25) is 0 Å². The van der Waals surface area contributed by atoms with Crippen LogP contribution in [0.25, 0.3) is 0 Å². The lowest BCUT2D eigenvalue weighted by molar-refractivity contribution is 0.0950. The maximum absolute atomic E-state index is 12.0. The first-order valence-corrected chi connectivity index (χ1v) is 6.95. The SMILES string of the molecule is COc1cccc(C(=O)NCc2csc(C)c2C)c1. The average molecular weight is 275 g/mol. The topological polar surface area (TPSA) is 38.3 Å². The summed E-state index contributed by atoms with van der Waals surface area (Å²) >= 11 is 1.71. The molecule has 1 aromatic heterocycles. The number of hydrogen-bond donors (Lipinski definition) is 1. The molecule has 0 aliphatic heterocycles. The van der Waals surface area contributed by atoms with Gasteiger partial charge in [-0.1, -0.05) is 6.07 Å². The van der Waals surface area contributed by atoms with Crippen molar-refractivity contribution in [1.82, 2.24) is 5.32 Å². The molecule has 0 unspecified atom stereocenters. The Kier molecular flexibility index (Phi) is 4.22. The summed E-state index contributed by atoms with van der Waals surface area (Å²) in [7, 11) is 1.59. The highest BCUT2D eigenvalue weighted by Crippen LogP contribution is 2.20. The quantitative estimate of drug-likeness (QED) is 0.929. The van der Waals surface area contributed by atoms with Gasteiger partial charge in [-0.15, -0.1) is 11.3 Å². The van der Waals surface area contributed by atoms with E-state index in [-0.39, 0.29) is 5.91 Å². The van der Waals surface area contributed by atoms with Gasteiger partial charge in [0, 0.05) is 17.0 Å². The van der Waals surface area contributed by atoms with Crippen LogP contribution in [0.1, 0.15) is 26.4 Å². The highest BCUT2D eigenvalue weighted by Gasteiger charge is 2.08. The number of benzene rings is 1. The Morgan fingerprint density at radius 1 is 1.37 bits per heavy atom. The fourth-order valence-corrected chi connectivity index (χ4v) is 2.67. The molecule has 0 spiro atoms. The van der Waals surface area contributed by atoms with Gasteiger partial charge in [-0.2, -0.15) is 0 Å². The molecule has 100 valence electrons. The lowest BCUT2D eigenvalue weighted by atomic mass is 10.1. The van der Waals surface area contributed by atoms with Crippen LogP contribution in [0.5, 0.6) is 5.75 Å². The molecule has 3 nitrogen and oxygen atoms in total. The number of carbonyl (C=O) groups is 1. The van der Waals surface area contributed by atoms with Crippen molar-refractivity contribution < 1.29 is 9.53 Å². The first-order valence-electron chi connectivity index (χ1n) is 6.07. The predicted molar refractivity (Wildman–Crippen MR) is 78.0 cm³/mol. The third-order valence-electron chi connectivity index (χ3n) is 3.16. The van der Waals surface area contributed by atoms with Gasteiger partial charge in [0.1, 0.15) is 5.75 Å². The molecular formula is C15H17NO2S. The van der Waals surface area contributed by atoms with Crippen molar-refractivity contribution in [2.75, 3.05) is 7.11 Å². The van der Waals surface area contributed by atoms with Gasteiger partial charge in [0.25, 0.3) is 5.91 Å². The van der Waals surface area contributed by atoms with Crippen LogP contribution in [0.15, 0.2) is 29.6 Å². The Balaban J connectivity index is 2.03. The van der Waals surface area contributed by atoms with E-state index in [4.69, 9.17) is 4.74 Å². The molecular weight excluding hydrogens is 258 g/mol. The number of methoxy groups -OCH3 is 1. The number of nitrogens with one attached hydrogen (secondary N) is 1. The predicted octanol–water partition coefficient (Wildman–Crippen LogP) is 3.30. The summed E-state index contributed by atoms with van der Waals surface area (Å²) in [6.45, 7) is 4.73. The van der Waals surface area contributed by atoms with Crippen molar-refractivity contribution in [2.45, 2.75) is 20.4 Å². The molecule has 4 heteroatoms. The maximum atomic E-state index is 12.0. The molecule has 19 heavy (non-hydrogen) atoms. The molecule has 0 fully saturated rings. The van der Waals surface area contributed by atoms with E-state index in [1.807, 2.05) is 12.1 Å². The highest BCUT2D eigenvalue weighted by molar-refractivity contribution is 7.10. The maximum Gasteiger partial charge on any atom is 0.251 e. The van der Waals surface area contributed by atoms with Gasteiger partial charge in [0.05, 0.1) is 7.11 Å². The Hall–Kier alpha value is -1.81. The molecule has 1 N–H and O–H groups in total. The van der Waals surface area contributed by atoms with E-state index in [2.05, 4.69) is 24.5 Å². The Morgan fingerprint density at radius 3 is 2.79 bits per heavy atom. The number of thiophene rings is 1. The molecule has 1 aromatic carbocycles. The Labute approximate surface area is 117 Å². The summed E-state index contributed by atoms with van der Waals surface area (Å²) < 4.78 is 5.11. The van der Waals surface area contributed by atoms with Gasteiger partial charge in [-0.25, -0.2) is 0 Å². The molecule has 0 saturated carbocycles. The van der Waals surface area contributed by atoms with E-state index in [1.54, 1.807) is 30.6 Å². The Bertz CT molecular complexity index is 590. The van der Waals surface area contributed by atoms with E-state index in [0.717, 1.165) is 0 Å². The number of carbonyl (C=O) groups excluding carboxylic acids is 1. The van der Waals surface area contributed by atoms with Crippen molar-refractivity contribution in [3.63, 3.8) is 0 Å². The number of ether oxygens (including phenoxy) is 1. The minimum Gasteiger partial charge on any atom is -0.497 e. The van der Waals surface area contributed by atoms with Crippen molar-refractivity contribution in [1.29, 1.82) is 0 Å². The van der Waals surface area contributed by atoms with Crippen molar-refractivity contribution in [2.24, 2.45) is 0 Å². The second kappa shape index (κ2) is 5.89. The van der Waals surface area contributed by atoms with Crippen LogP contribution in [0.3, 0.4) is 0 Å². The molecule has 0 aliphatic carbocycles. The summed E-state index contributed by atoms with van der Waals surface area (Å²) in [6.07, 6.45) is 0. The third-order valence-corrected chi connectivity index (χ3v) is 4.22. The number of aryl methyl sites for hydroxylation is 1. The Morgan fingerprint density at radius 2 is 2.16 bits per heavy atom. The van der Waals surface area contributed by atoms with Crippen molar-refractivity contribution >= 4 is 17.2 Å².